The molecular weight excluding hydrogens is 156 g/mol. The second-order valence-electron chi connectivity index (χ2n) is 2.81. The zero-order valence-electron chi connectivity index (χ0n) is 6.10. The third kappa shape index (κ3) is 1.24. The maximum absolute atomic E-state index is 9.50. The molecule has 1 N–H and O–H groups in total. The van der Waals surface area contributed by atoms with Crippen molar-refractivity contribution in [2.45, 2.75) is 18.4 Å². The predicted molar refractivity (Wildman–Crippen MR) is 46.8 cm³/mol. The molecule has 0 aliphatic heterocycles. The smallest absolute Gasteiger partial charge is 0.0677 e. The number of hydrogen-bond acceptors (Lipinski definition) is 2. The Hall–Kier alpha value is -0.600. The number of aliphatic hydroxyl groups excluding tert-OH is 1. The van der Waals surface area contributed by atoms with Crippen LogP contribution in [-0.2, 0) is 0 Å². The molecule has 0 amide bonds. The largest absolute Gasteiger partial charge is 0.392 e. The number of aliphatic hydroxyl groups is 1. The maximum atomic E-state index is 9.50. The molecule has 0 saturated heterocycles. The molecule has 0 saturated carbocycles. The third-order valence-electron chi connectivity index (χ3n) is 2.06. The molecule has 1 aromatic heterocycles. The van der Waals surface area contributed by atoms with Gasteiger partial charge in [0.05, 0.1) is 6.10 Å². The van der Waals surface area contributed by atoms with Crippen molar-refractivity contribution in [1.82, 2.24) is 0 Å². The minimum atomic E-state index is -0.190. The van der Waals surface area contributed by atoms with Crippen molar-refractivity contribution < 1.29 is 5.11 Å². The van der Waals surface area contributed by atoms with Crippen molar-refractivity contribution in [2.24, 2.45) is 0 Å². The van der Waals surface area contributed by atoms with Gasteiger partial charge in [0.2, 0.25) is 0 Å². The van der Waals surface area contributed by atoms with Gasteiger partial charge < -0.3 is 5.11 Å². The van der Waals surface area contributed by atoms with E-state index < -0.39 is 0 Å². The maximum Gasteiger partial charge on any atom is 0.0677 e. The first-order chi connectivity index (χ1) is 5.38. The Kier molecular flexibility index (Phi) is 1.80. The van der Waals surface area contributed by atoms with Crippen LogP contribution in [-0.4, -0.2) is 11.2 Å². The van der Waals surface area contributed by atoms with Crippen LogP contribution in [0.4, 0.5) is 0 Å². The molecular formula is C9H10OS. The molecule has 0 bridgehead atoms. The van der Waals surface area contributed by atoms with Gasteiger partial charge in [-0.3, -0.25) is 0 Å². The molecule has 2 atom stereocenters. The van der Waals surface area contributed by atoms with Crippen LogP contribution in [0.3, 0.4) is 0 Å². The summed E-state index contributed by atoms with van der Waals surface area (Å²) in [5.41, 5.74) is 1.25. The van der Waals surface area contributed by atoms with E-state index in [2.05, 4.69) is 17.5 Å². The Morgan fingerprint density at radius 3 is 3.00 bits per heavy atom. The van der Waals surface area contributed by atoms with E-state index in [-0.39, 0.29) is 12.0 Å². The fourth-order valence-corrected chi connectivity index (χ4v) is 2.14. The van der Waals surface area contributed by atoms with Crippen molar-refractivity contribution in [3.63, 3.8) is 0 Å². The minimum absolute atomic E-state index is 0.190. The SMILES string of the molecule is OC1CC=CC1c1ccsc1. The van der Waals surface area contributed by atoms with E-state index in [9.17, 15) is 5.11 Å². The van der Waals surface area contributed by atoms with Crippen molar-refractivity contribution >= 4 is 11.3 Å². The normalized spacial score (nSPS) is 29.5. The summed E-state index contributed by atoms with van der Waals surface area (Å²) in [6, 6.07) is 2.08. The van der Waals surface area contributed by atoms with Gasteiger partial charge in [0.15, 0.2) is 0 Å². The summed E-state index contributed by atoms with van der Waals surface area (Å²) in [6.45, 7) is 0. The number of rotatable bonds is 1. The van der Waals surface area contributed by atoms with Crippen LogP contribution in [0.1, 0.15) is 17.9 Å². The van der Waals surface area contributed by atoms with E-state index in [1.54, 1.807) is 11.3 Å². The molecule has 1 aliphatic carbocycles. The lowest BCUT2D eigenvalue weighted by molar-refractivity contribution is 0.171. The first kappa shape index (κ1) is 7.07. The first-order valence-corrected chi connectivity index (χ1v) is 4.69. The van der Waals surface area contributed by atoms with E-state index in [0.717, 1.165) is 6.42 Å². The first-order valence-electron chi connectivity index (χ1n) is 3.75. The summed E-state index contributed by atoms with van der Waals surface area (Å²) >= 11 is 1.68. The molecule has 2 unspecified atom stereocenters. The van der Waals surface area contributed by atoms with Crippen LogP contribution in [0.15, 0.2) is 29.0 Å². The summed E-state index contributed by atoms with van der Waals surface area (Å²) < 4.78 is 0. The average molecular weight is 166 g/mol. The summed E-state index contributed by atoms with van der Waals surface area (Å²) in [6.07, 6.45) is 4.75. The highest BCUT2D eigenvalue weighted by atomic mass is 32.1. The molecule has 11 heavy (non-hydrogen) atoms. The Morgan fingerprint density at radius 2 is 2.45 bits per heavy atom. The van der Waals surface area contributed by atoms with Gasteiger partial charge >= 0.3 is 0 Å². The molecule has 2 heteroatoms. The van der Waals surface area contributed by atoms with E-state index >= 15 is 0 Å². The van der Waals surface area contributed by atoms with Crippen LogP contribution in [0.25, 0.3) is 0 Å². The standard InChI is InChI=1S/C9H10OS/c10-9-3-1-2-8(9)7-4-5-11-6-7/h1-2,4-6,8-10H,3H2. The zero-order chi connectivity index (χ0) is 7.68. The summed E-state index contributed by atoms with van der Waals surface area (Å²) in [7, 11) is 0. The monoisotopic (exact) mass is 166 g/mol. The lowest BCUT2D eigenvalue weighted by Crippen LogP contribution is -2.10. The fourth-order valence-electron chi connectivity index (χ4n) is 1.44. The van der Waals surface area contributed by atoms with Crippen molar-refractivity contribution in [2.75, 3.05) is 0 Å². The second-order valence-corrected chi connectivity index (χ2v) is 3.59. The molecule has 0 radical (unpaired) electrons. The van der Waals surface area contributed by atoms with Gasteiger partial charge in [0.1, 0.15) is 0 Å². The topological polar surface area (TPSA) is 20.2 Å². The van der Waals surface area contributed by atoms with Crippen molar-refractivity contribution in [1.29, 1.82) is 0 Å². The Bertz CT molecular complexity index is 251. The van der Waals surface area contributed by atoms with Gasteiger partial charge in [0, 0.05) is 5.92 Å². The lowest BCUT2D eigenvalue weighted by atomic mass is 10.00. The van der Waals surface area contributed by atoms with Crippen LogP contribution in [0, 0.1) is 0 Å². The Labute approximate surface area is 70.0 Å². The van der Waals surface area contributed by atoms with Gasteiger partial charge in [-0.2, -0.15) is 11.3 Å². The molecule has 1 heterocycles. The van der Waals surface area contributed by atoms with E-state index in [1.807, 2.05) is 11.5 Å². The zero-order valence-corrected chi connectivity index (χ0v) is 6.92. The average Bonchev–Trinajstić information content (AvgIpc) is 2.55. The highest BCUT2D eigenvalue weighted by Gasteiger charge is 2.21. The van der Waals surface area contributed by atoms with E-state index in [1.165, 1.54) is 5.56 Å². The molecule has 1 aromatic rings. The molecule has 1 nitrogen and oxygen atoms in total. The second kappa shape index (κ2) is 2.80. The highest BCUT2D eigenvalue weighted by molar-refractivity contribution is 7.08. The fraction of sp³-hybridized carbons (Fsp3) is 0.333. The summed E-state index contributed by atoms with van der Waals surface area (Å²) in [4.78, 5) is 0. The summed E-state index contributed by atoms with van der Waals surface area (Å²) in [5, 5.41) is 13.7. The van der Waals surface area contributed by atoms with Crippen LogP contribution in [0.2, 0.25) is 0 Å². The molecule has 58 valence electrons. The molecule has 0 fully saturated rings. The number of hydrogen-bond donors (Lipinski definition) is 1. The lowest BCUT2D eigenvalue weighted by Gasteiger charge is -2.10. The van der Waals surface area contributed by atoms with Gasteiger partial charge in [-0.25, -0.2) is 0 Å². The van der Waals surface area contributed by atoms with E-state index in [4.69, 9.17) is 0 Å². The summed E-state index contributed by atoms with van der Waals surface area (Å²) in [5.74, 6) is 0.251. The van der Waals surface area contributed by atoms with Crippen LogP contribution < -0.4 is 0 Å². The van der Waals surface area contributed by atoms with Gasteiger partial charge in [-0.1, -0.05) is 12.2 Å². The van der Waals surface area contributed by atoms with Gasteiger partial charge in [0.25, 0.3) is 0 Å². The molecule has 1 aliphatic rings. The highest BCUT2D eigenvalue weighted by Crippen LogP contribution is 2.29. The molecule has 0 spiro atoms. The Morgan fingerprint density at radius 1 is 1.55 bits per heavy atom. The van der Waals surface area contributed by atoms with Crippen LogP contribution in [0.5, 0.6) is 0 Å². The quantitative estimate of drug-likeness (QED) is 0.634. The molecule has 2 rings (SSSR count). The third-order valence-corrected chi connectivity index (χ3v) is 2.77. The van der Waals surface area contributed by atoms with E-state index in [0.29, 0.717) is 0 Å². The predicted octanol–water partition coefficient (Wildman–Crippen LogP) is 2.15. The minimum Gasteiger partial charge on any atom is -0.392 e. The van der Waals surface area contributed by atoms with Gasteiger partial charge in [-0.15, -0.1) is 0 Å². The van der Waals surface area contributed by atoms with Crippen molar-refractivity contribution in [3.05, 3.63) is 34.5 Å². The van der Waals surface area contributed by atoms with Gasteiger partial charge in [-0.05, 0) is 28.8 Å². The Balaban J connectivity index is 2.23. The number of thiophene rings is 1. The van der Waals surface area contributed by atoms with Crippen molar-refractivity contribution in [3.8, 4) is 0 Å². The molecule has 0 aromatic carbocycles. The van der Waals surface area contributed by atoms with Crippen LogP contribution >= 0.6 is 11.3 Å².